The van der Waals surface area contributed by atoms with E-state index in [4.69, 9.17) is 13.9 Å². The molecular weight excluding hydrogens is 468 g/mol. The van der Waals surface area contributed by atoms with Crippen molar-refractivity contribution in [2.45, 2.75) is 44.2 Å². The first-order valence-electron chi connectivity index (χ1n) is 12.9. The van der Waals surface area contributed by atoms with Gasteiger partial charge >= 0.3 is 0 Å². The fourth-order valence-corrected chi connectivity index (χ4v) is 4.95. The molecule has 1 heterocycles. The molecule has 2 aliphatic rings. The third kappa shape index (κ3) is 5.98. The number of ether oxygens (including phenoxy) is 2. The van der Waals surface area contributed by atoms with Crippen molar-refractivity contribution in [3.05, 3.63) is 83.8 Å². The maximum Gasteiger partial charge on any atom is 0.242 e. The van der Waals surface area contributed by atoms with Gasteiger partial charge in [-0.1, -0.05) is 36.4 Å². The summed E-state index contributed by atoms with van der Waals surface area (Å²) in [6, 6.07) is 19.9. The van der Waals surface area contributed by atoms with Crippen LogP contribution in [0.5, 0.6) is 11.5 Å². The Labute approximate surface area is 218 Å². The Bertz CT molecular complexity index is 1210. The van der Waals surface area contributed by atoms with Gasteiger partial charge in [0.05, 0.1) is 27.0 Å². The van der Waals surface area contributed by atoms with Gasteiger partial charge in [0.1, 0.15) is 12.3 Å². The second-order valence-corrected chi connectivity index (χ2v) is 9.89. The highest BCUT2D eigenvalue weighted by Crippen LogP contribution is 2.49. The molecule has 0 N–H and O–H groups in total. The van der Waals surface area contributed by atoms with Gasteiger partial charge in [0.25, 0.3) is 0 Å². The zero-order valence-electron chi connectivity index (χ0n) is 21.5. The smallest absolute Gasteiger partial charge is 0.242 e. The molecule has 0 spiro atoms. The van der Waals surface area contributed by atoms with Crippen LogP contribution in [0.4, 0.5) is 0 Å². The van der Waals surface area contributed by atoms with Crippen molar-refractivity contribution in [3.8, 4) is 11.5 Å². The van der Waals surface area contributed by atoms with Crippen molar-refractivity contribution in [2.75, 3.05) is 27.3 Å². The fraction of sp³-hybridized carbons (Fsp3) is 0.400. The highest BCUT2D eigenvalue weighted by atomic mass is 16.5. The molecule has 3 aromatic rings. The zero-order valence-corrected chi connectivity index (χ0v) is 21.5. The van der Waals surface area contributed by atoms with Crippen LogP contribution in [0.3, 0.4) is 0 Å². The van der Waals surface area contributed by atoms with E-state index < -0.39 is 0 Å². The largest absolute Gasteiger partial charge is 0.493 e. The standard InChI is InChI=1S/C30H34N2O5/c1-35-27-13-10-21(17-28(27)36-2)14-15-31(19-24-9-6-16-37-24)29(33)20-32(23-11-12-23)30(34)26-18-25(26)22-7-4-3-5-8-22/h3-10,13,16-17,23,25-26H,11-12,14-15,18-20H2,1-2H3/t25-,26?/m0/s1. The van der Waals surface area contributed by atoms with Gasteiger partial charge in [-0.15, -0.1) is 0 Å². The normalized spacial score (nSPS) is 18.2. The van der Waals surface area contributed by atoms with Crippen LogP contribution in [-0.4, -0.2) is 55.0 Å². The molecule has 5 rings (SSSR count). The van der Waals surface area contributed by atoms with Crippen molar-refractivity contribution >= 4 is 11.8 Å². The average molecular weight is 503 g/mol. The summed E-state index contributed by atoms with van der Waals surface area (Å²) in [5.74, 6) is 2.33. The van der Waals surface area contributed by atoms with E-state index in [9.17, 15) is 9.59 Å². The molecule has 2 aromatic carbocycles. The van der Waals surface area contributed by atoms with Gasteiger partial charge in [0.15, 0.2) is 11.5 Å². The minimum Gasteiger partial charge on any atom is -0.493 e. The van der Waals surface area contributed by atoms with Crippen LogP contribution in [0.25, 0.3) is 0 Å². The zero-order chi connectivity index (χ0) is 25.8. The molecule has 2 atom stereocenters. The predicted molar refractivity (Wildman–Crippen MR) is 139 cm³/mol. The number of carbonyl (C=O) groups is 2. The molecule has 37 heavy (non-hydrogen) atoms. The second kappa shape index (κ2) is 11.1. The summed E-state index contributed by atoms with van der Waals surface area (Å²) in [4.78, 5) is 30.7. The molecule has 1 aromatic heterocycles. The van der Waals surface area contributed by atoms with Crippen LogP contribution in [0.1, 0.15) is 42.1 Å². The lowest BCUT2D eigenvalue weighted by atomic mass is 10.1. The molecule has 1 unspecified atom stereocenters. The minimum absolute atomic E-state index is 0.0268. The van der Waals surface area contributed by atoms with Crippen LogP contribution in [0.2, 0.25) is 0 Å². The SMILES string of the molecule is COc1ccc(CCN(Cc2ccco2)C(=O)CN(C(=O)C2C[C@H]2c2ccccc2)C2CC2)cc1OC. The van der Waals surface area contributed by atoms with E-state index in [0.717, 1.165) is 30.6 Å². The molecule has 0 radical (unpaired) electrons. The fourth-order valence-electron chi connectivity index (χ4n) is 4.95. The molecule has 2 amide bonds. The maximum atomic E-state index is 13.6. The number of benzene rings is 2. The number of amides is 2. The lowest BCUT2D eigenvalue weighted by Gasteiger charge is -2.28. The van der Waals surface area contributed by atoms with Crippen LogP contribution in [0, 0.1) is 5.92 Å². The Balaban J connectivity index is 1.26. The number of furan rings is 1. The van der Waals surface area contributed by atoms with Gasteiger partial charge in [-0.3, -0.25) is 9.59 Å². The summed E-state index contributed by atoms with van der Waals surface area (Å²) in [5.41, 5.74) is 2.24. The summed E-state index contributed by atoms with van der Waals surface area (Å²) < 4.78 is 16.3. The molecule has 7 nitrogen and oxygen atoms in total. The number of methoxy groups -OCH3 is 2. The molecule has 2 aliphatic carbocycles. The van der Waals surface area contributed by atoms with E-state index in [1.54, 1.807) is 25.4 Å². The second-order valence-electron chi connectivity index (χ2n) is 9.89. The molecule has 2 saturated carbocycles. The minimum atomic E-state index is -0.0611. The third-order valence-corrected chi connectivity index (χ3v) is 7.31. The van der Waals surface area contributed by atoms with Gasteiger partial charge < -0.3 is 23.7 Å². The summed E-state index contributed by atoms with van der Waals surface area (Å²) in [6.07, 6.45) is 5.04. The van der Waals surface area contributed by atoms with E-state index in [1.807, 2.05) is 53.4 Å². The molecule has 2 fully saturated rings. The van der Waals surface area contributed by atoms with Gasteiger partial charge in [0, 0.05) is 18.5 Å². The van der Waals surface area contributed by atoms with Gasteiger partial charge in [-0.05, 0) is 67.0 Å². The van der Waals surface area contributed by atoms with Gasteiger partial charge in [0.2, 0.25) is 11.8 Å². The van der Waals surface area contributed by atoms with Crippen molar-refractivity contribution in [1.29, 1.82) is 0 Å². The summed E-state index contributed by atoms with van der Waals surface area (Å²) in [7, 11) is 3.22. The van der Waals surface area contributed by atoms with Gasteiger partial charge in [-0.25, -0.2) is 0 Å². The van der Waals surface area contributed by atoms with E-state index in [1.165, 1.54) is 5.56 Å². The van der Waals surface area contributed by atoms with E-state index in [2.05, 4.69) is 12.1 Å². The van der Waals surface area contributed by atoms with E-state index >= 15 is 0 Å². The summed E-state index contributed by atoms with van der Waals surface area (Å²) in [6.45, 7) is 0.966. The van der Waals surface area contributed by atoms with E-state index in [0.29, 0.717) is 31.0 Å². The quantitative estimate of drug-likeness (QED) is 0.360. The number of rotatable bonds is 12. The number of hydrogen-bond donors (Lipinski definition) is 0. The predicted octanol–water partition coefficient (Wildman–Crippen LogP) is 4.66. The van der Waals surface area contributed by atoms with E-state index in [-0.39, 0.29) is 36.2 Å². The Morgan fingerprint density at radius 1 is 0.973 bits per heavy atom. The van der Waals surface area contributed by atoms with Crippen LogP contribution < -0.4 is 9.47 Å². The molecule has 194 valence electrons. The molecule has 0 aliphatic heterocycles. The lowest BCUT2D eigenvalue weighted by molar-refractivity contribution is -0.142. The number of nitrogens with zero attached hydrogens (tertiary/aromatic N) is 2. The highest BCUT2D eigenvalue weighted by molar-refractivity contribution is 5.88. The maximum absolute atomic E-state index is 13.6. The first-order valence-corrected chi connectivity index (χ1v) is 12.9. The monoisotopic (exact) mass is 502 g/mol. The Morgan fingerprint density at radius 3 is 2.43 bits per heavy atom. The third-order valence-electron chi connectivity index (χ3n) is 7.31. The van der Waals surface area contributed by atoms with Crippen LogP contribution in [0.15, 0.2) is 71.3 Å². The van der Waals surface area contributed by atoms with Crippen molar-refractivity contribution in [2.24, 2.45) is 5.92 Å². The molecular formula is C30H34N2O5. The first kappa shape index (κ1) is 24.9. The van der Waals surface area contributed by atoms with Crippen LogP contribution >= 0.6 is 0 Å². The molecule has 0 bridgehead atoms. The van der Waals surface area contributed by atoms with Crippen molar-refractivity contribution in [3.63, 3.8) is 0 Å². The van der Waals surface area contributed by atoms with Crippen LogP contribution in [-0.2, 0) is 22.6 Å². The number of carbonyl (C=O) groups excluding carboxylic acids is 2. The number of hydrogen-bond acceptors (Lipinski definition) is 5. The first-order chi connectivity index (χ1) is 18.1. The highest BCUT2D eigenvalue weighted by Gasteiger charge is 2.48. The molecule has 0 saturated heterocycles. The summed E-state index contributed by atoms with van der Waals surface area (Å²) >= 11 is 0. The molecule has 7 heteroatoms. The topological polar surface area (TPSA) is 72.2 Å². The lowest BCUT2D eigenvalue weighted by Crippen LogP contribution is -2.45. The van der Waals surface area contributed by atoms with Gasteiger partial charge in [-0.2, -0.15) is 0 Å². The Morgan fingerprint density at radius 2 is 1.76 bits per heavy atom. The Kier molecular flexibility index (Phi) is 7.49. The average Bonchev–Trinajstić information content (AvgIpc) is 3.87. The van der Waals surface area contributed by atoms with Crippen molar-refractivity contribution < 1.29 is 23.5 Å². The van der Waals surface area contributed by atoms with Crippen molar-refractivity contribution in [1.82, 2.24) is 9.80 Å². The summed E-state index contributed by atoms with van der Waals surface area (Å²) in [5, 5.41) is 0. The Hall–Kier alpha value is -3.74.